The average Bonchev–Trinajstić information content (AvgIpc) is 2.92. The highest BCUT2D eigenvalue weighted by Gasteiger charge is 2.09. The Morgan fingerprint density at radius 2 is 2.14 bits per heavy atom. The number of aromatic amines is 1. The molecule has 0 saturated heterocycles. The molecule has 2 heterocycles. The number of anilines is 2. The number of H-pyrrole nitrogens is 1. The minimum absolute atomic E-state index is 0.168. The van der Waals surface area contributed by atoms with E-state index in [9.17, 15) is 8.78 Å². The Balaban J connectivity index is 1.98. The number of rotatable bonds is 9. The highest BCUT2D eigenvalue weighted by molar-refractivity contribution is 5.83. The number of imidazole rings is 1. The van der Waals surface area contributed by atoms with Crippen LogP contribution in [0.15, 0.2) is 6.33 Å². The Bertz CT molecular complexity index is 562. The molecule has 0 aliphatic carbocycles. The van der Waals surface area contributed by atoms with Crippen LogP contribution >= 0.6 is 0 Å². The van der Waals surface area contributed by atoms with Crippen LogP contribution in [0.5, 0.6) is 0 Å². The fraction of sp³-hybridized carbons (Fsp3) is 0.583. The maximum Gasteiger partial charge on any atom is 0.261 e. The average molecular weight is 300 g/mol. The zero-order valence-electron chi connectivity index (χ0n) is 11.7. The maximum absolute atomic E-state index is 11.9. The summed E-state index contributed by atoms with van der Waals surface area (Å²) in [6.45, 7) is 2.77. The molecule has 0 radical (unpaired) electrons. The number of fused-ring (bicyclic) bond motifs is 1. The van der Waals surface area contributed by atoms with Crippen LogP contribution < -0.4 is 10.6 Å². The highest BCUT2D eigenvalue weighted by atomic mass is 19.3. The van der Waals surface area contributed by atoms with E-state index in [4.69, 9.17) is 4.74 Å². The van der Waals surface area contributed by atoms with E-state index >= 15 is 0 Å². The van der Waals surface area contributed by atoms with E-state index in [1.807, 2.05) is 6.92 Å². The van der Waals surface area contributed by atoms with Crippen LogP contribution in [-0.2, 0) is 4.74 Å². The molecule has 0 amide bonds. The molecular weight excluding hydrogens is 282 g/mol. The first-order valence-electron chi connectivity index (χ1n) is 6.75. The molecule has 0 aromatic carbocycles. The standard InChI is InChI=1S/C12H18F2N6O/c1-2-3-16-12-19-10(9-11(20-12)18-7-17-9)15-4-5-21-6-8(13)14/h7-8H,2-6H2,1H3,(H3,15,16,17,18,19,20). The predicted molar refractivity (Wildman–Crippen MR) is 75.8 cm³/mol. The lowest BCUT2D eigenvalue weighted by Crippen LogP contribution is -2.15. The van der Waals surface area contributed by atoms with Gasteiger partial charge in [-0.15, -0.1) is 0 Å². The number of nitrogens with zero attached hydrogens (tertiary/aromatic N) is 3. The number of ether oxygens (including phenoxy) is 1. The van der Waals surface area contributed by atoms with Crippen LogP contribution in [0.25, 0.3) is 11.2 Å². The van der Waals surface area contributed by atoms with Crippen molar-refractivity contribution in [1.82, 2.24) is 19.9 Å². The van der Waals surface area contributed by atoms with Crippen LogP contribution in [-0.4, -0.2) is 52.7 Å². The van der Waals surface area contributed by atoms with E-state index < -0.39 is 13.0 Å². The fourth-order valence-electron chi connectivity index (χ4n) is 1.69. The smallest absolute Gasteiger partial charge is 0.261 e. The molecule has 21 heavy (non-hydrogen) atoms. The monoisotopic (exact) mass is 300 g/mol. The van der Waals surface area contributed by atoms with Crippen molar-refractivity contribution < 1.29 is 13.5 Å². The topological polar surface area (TPSA) is 87.8 Å². The van der Waals surface area contributed by atoms with Gasteiger partial charge in [0.25, 0.3) is 6.43 Å². The zero-order chi connectivity index (χ0) is 15.1. The second kappa shape index (κ2) is 7.67. The summed E-state index contributed by atoms with van der Waals surface area (Å²) < 4.78 is 28.7. The fourth-order valence-corrected chi connectivity index (χ4v) is 1.69. The number of halogens is 2. The van der Waals surface area contributed by atoms with Gasteiger partial charge in [0.05, 0.1) is 12.9 Å². The van der Waals surface area contributed by atoms with Gasteiger partial charge >= 0.3 is 0 Å². The Labute approximate surface area is 120 Å². The molecule has 2 rings (SSSR count). The van der Waals surface area contributed by atoms with Gasteiger partial charge in [-0.05, 0) is 6.42 Å². The third-order valence-corrected chi connectivity index (χ3v) is 2.60. The second-order valence-corrected chi connectivity index (χ2v) is 4.32. The Hall–Kier alpha value is -2.03. The molecule has 0 fully saturated rings. The molecule has 3 N–H and O–H groups in total. The second-order valence-electron chi connectivity index (χ2n) is 4.32. The molecule has 0 spiro atoms. The lowest BCUT2D eigenvalue weighted by atomic mass is 10.4. The molecule has 0 saturated carbocycles. The van der Waals surface area contributed by atoms with Gasteiger partial charge in [0, 0.05) is 13.1 Å². The quantitative estimate of drug-likeness (QED) is 0.613. The number of alkyl halides is 2. The van der Waals surface area contributed by atoms with Gasteiger partial charge in [0.1, 0.15) is 12.1 Å². The molecule has 0 aliphatic heterocycles. The summed E-state index contributed by atoms with van der Waals surface area (Å²) in [5.74, 6) is 1.05. The lowest BCUT2D eigenvalue weighted by Gasteiger charge is -2.09. The largest absolute Gasteiger partial charge is 0.374 e. The number of hydrogen-bond acceptors (Lipinski definition) is 6. The van der Waals surface area contributed by atoms with E-state index in [0.717, 1.165) is 13.0 Å². The minimum atomic E-state index is -2.45. The molecule has 0 atom stereocenters. The van der Waals surface area contributed by atoms with Crippen LogP contribution in [0.1, 0.15) is 13.3 Å². The normalized spacial score (nSPS) is 11.2. The first-order valence-corrected chi connectivity index (χ1v) is 6.75. The van der Waals surface area contributed by atoms with Crippen LogP contribution in [0.3, 0.4) is 0 Å². The molecule has 116 valence electrons. The van der Waals surface area contributed by atoms with Gasteiger partial charge in [-0.25, -0.2) is 13.8 Å². The predicted octanol–water partition coefficient (Wildman–Crippen LogP) is 1.87. The van der Waals surface area contributed by atoms with E-state index in [-0.39, 0.29) is 6.61 Å². The van der Waals surface area contributed by atoms with Gasteiger partial charge in [-0.3, -0.25) is 0 Å². The SMILES string of the molecule is CCCNc1nc(NCCOCC(F)F)c2[nH]cnc2n1. The van der Waals surface area contributed by atoms with Gasteiger partial charge in [-0.1, -0.05) is 6.92 Å². The summed E-state index contributed by atoms with van der Waals surface area (Å²) >= 11 is 0. The summed E-state index contributed by atoms with van der Waals surface area (Å²) in [5, 5.41) is 6.12. The molecule has 7 nitrogen and oxygen atoms in total. The van der Waals surface area contributed by atoms with E-state index in [1.54, 1.807) is 0 Å². The van der Waals surface area contributed by atoms with Crippen molar-refractivity contribution in [2.75, 3.05) is 36.9 Å². The summed E-state index contributed by atoms with van der Waals surface area (Å²) in [7, 11) is 0. The molecular formula is C12H18F2N6O. The summed E-state index contributed by atoms with van der Waals surface area (Å²) in [4.78, 5) is 15.6. The summed E-state index contributed by atoms with van der Waals surface area (Å²) in [6, 6.07) is 0. The third-order valence-electron chi connectivity index (χ3n) is 2.60. The highest BCUT2D eigenvalue weighted by Crippen LogP contribution is 2.18. The van der Waals surface area contributed by atoms with E-state index in [2.05, 4.69) is 30.6 Å². The van der Waals surface area contributed by atoms with E-state index in [1.165, 1.54) is 6.33 Å². The Morgan fingerprint density at radius 1 is 1.29 bits per heavy atom. The molecule has 0 aliphatic rings. The van der Waals surface area contributed by atoms with Crippen molar-refractivity contribution >= 4 is 22.9 Å². The Morgan fingerprint density at radius 3 is 2.90 bits per heavy atom. The zero-order valence-corrected chi connectivity index (χ0v) is 11.7. The van der Waals surface area contributed by atoms with Crippen LogP contribution in [0.2, 0.25) is 0 Å². The summed E-state index contributed by atoms with van der Waals surface area (Å²) in [6.07, 6.45) is 0.0290. The molecule has 0 bridgehead atoms. The first-order chi connectivity index (χ1) is 10.2. The van der Waals surface area contributed by atoms with Crippen LogP contribution in [0.4, 0.5) is 20.5 Å². The van der Waals surface area contributed by atoms with E-state index in [0.29, 0.717) is 29.5 Å². The van der Waals surface area contributed by atoms with Crippen molar-refractivity contribution in [2.45, 2.75) is 19.8 Å². The number of nitrogens with one attached hydrogen (secondary N) is 3. The van der Waals surface area contributed by atoms with Crippen molar-refractivity contribution in [3.8, 4) is 0 Å². The van der Waals surface area contributed by atoms with Gasteiger partial charge < -0.3 is 20.4 Å². The van der Waals surface area contributed by atoms with Gasteiger partial charge in [0.2, 0.25) is 5.95 Å². The molecule has 2 aromatic rings. The van der Waals surface area contributed by atoms with Crippen molar-refractivity contribution in [1.29, 1.82) is 0 Å². The maximum atomic E-state index is 11.9. The van der Waals surface area contributed by atoms with Gasteiger partial charge in [0.15, 0.2) is 11.5 Å². The van der Waals surface area contributed by atoms with Crippen molar-refractivity contribution in [2.24, 2.45) is 0 Å². The molecule has 2 aromatic heterocycles. The third kappa shape index (κ3) is 4.48. The summed E-state index contributed by atoms with van der Waals surface area (Å²) in [5.41, 5.74) is 1.21. The minimum Gasteiger partial charge on any atom is -0.374 e. The van der Waals surface area contributed by atoms with Crippen molar-refractivity contribution in [3.63, 3.8) is 0 Å². The molecule has 9 heteroatoms. The molecule has 0 unspecified atom stereocenters. The lowest BCUT2D eigenvalue weighted by molar-refractivity contribution is 0.0215. The first kappa shape index (κ1) is 15.4. The van der Waals surface area contributed by atoms with Gasteiger partial charge in [-0.2, -0.15) is 9.97 Å². The van der Waals surface area contributed by atoms with Crippen molar-refractivity contribution in [3.05, 3.63) is 6.33 Å². The number of aromatic nitrogens is 4. The van der Waals surface area contributed by atoms with Crippen LogP contribution in [0, 0.1) is 0 Å². The number of hydrogen-bond donors (Lipinski definition) is 3. The Kier molecular flexibility index (Phi) is 5.61.